The van der Waals surface area contributed by atoms with Gasteiger partial charge in [-0.3, -0.25) is 14.6 Å². The van der Waals surface area contributed by atoms with Gasteiger partial charge < -0.3 is 4.90 Å². The van der Waals surface area contributed by atoms with Crippen molar-refractivity contribution in [2.45, 2.75) is 33.1 Å². The van der Waals surface area contributed by atoms with Crippen molar-refractivity contribution in [3.05, 3.63) is 23.5 Å². The molecule has 1 aliphatic heterocycles. The number of carbonyl (C=O) groups excluding carboxylic acids is 2. The highest BCUT2D eigenvalue weighted by molar-refractivity contribution is 6.43. The number of fused-ring (bicyclic) bond motifs is 1. The number of amides is 1. The molecule has 0 fully saturated rings. The Kier molecular flexibility index (Phi) is 3.22. The fourth-order valence-corrected chi connectivity index (χ4v) is 1.98. The molecule has 0 atom stereocenters. The van der Waals surface area contributed by atoms with Crippen molar-refractivity contribution >= 4 is 17.4 Å². The van der Waals surface area contributed by atoms with E-state index >= 15 is 0 Å². The van der Waals surface area contributed by atoms with E-state index in [4.69, 9.17) is 0 Å². The maximum Gasteiger partial charge on any atom is 0.294 e. The molecule has 0 N–H and O–H groups in total. The van der Waals surface area contributed by atoms with E-state index in [1.165, 1.54) is 0 Å². The van der Waals surface area contributed by atoms with Gasteiger partial charge >= 0.3 is 0 Å². The second-order valence-electron chi connectivity index (χ2n) is 4.39. The van der Waals surface area contributed by atoms with Gasteiger partial charge in [-0.2, -0.15) is 0 Å². The number of pyridine rings is 1. The van der Waals surface area contributed by atoms with E-state index in [0.717, 1.165) is 29.8 Å². The van der Waals surface area contributed by atoms with E-state index < -0.39 is 5.91 Å². The lowest BCUT2D eigenvalue weighted by molar-refractivity contribution is -0.136. The van der Waals surface area contributed by atoms with Gasteiger partial charge in [0.25, 0.3) is 5.91 Å². The van der Waals surface area contributed by atoms with Gasteiger partial charge in [0.2, 0.25) is 5.78 Å². The summed E-state index contributed by atoms with van der Waals surface area (Å²) in [7, 11) is 0. The van der Waals surface area contributed by atoms with Gasteiger partial charge in [-0.1, -0.05) is 13.3 Å². The number of rotatable bonds is 3. The maximum atomic E-state index is 11.9. The van der Waals surface area contributed by atoms with Gasteiger partial charge in [0.05, 0.1) is 17.8 Å². The smallest absolute Gasteiger partial charge is 0.294 e. The molecule has 0 saturated carbocycles. The van der Waals surface area contributed by atoms with Gasteiger partial charge in [0.1, 0.15) is 0 Å². The SMILES string of the molecule is CCCCN1C(=O)C(=O)Cc2ncc(C)cc21. The van der Waals surface area contributed by atoms with Gasteiger partial charge in [0, 0.05) is 12.7 Å². The zero-order chi connectivity index (χ0) is 12.4. The quantitative estimate of drug-likeness (QED) is 0.744. The Bertz CT molecular complexity index is 468. The van der Waals surface area contributed by atoms with E-state index in [1.807, 2.05) is 13.0 Å². The summed E-state index contributed by atoms with van der Waals surface area (Å²) in [6.45, 7) is 4.59. The molecule has 90 valence electrons. The highest BCUT2D eigenvalue weighted by Crippen LogP contribution is 2.25. The van der Waals surface area contributed by atoms with Crippen LogP contribution in [0.25, 0.3) is 0 Å². The first kappa shape index (κ1) is 11.8. The van der Waals surface area contributed by atoms with Crippen molar-refractivity contribution in [2.75, 3.05) is 11.4 Å². The first-order valence-corrected chi connectivity index (χ1v) is 5.93. The van der Waals surface area contributed by atoms with Crippen molar-refractivity contribution in [2.24, 2.45) is 0 Å². The summed E-state index contributed by atoms with van der Waals surface area (Å²) in [6.07, 6.45) is 3.76. The molecule has 4 nitrogen and oxygen atoms in total. The average Bonchev–Trinajstić information content (AvgIpc) is 2.31. The Morgan fingerprint density at radius 1 is 1.41 bits per heavy atom. The number of ketones is 1. The Morgan fingerprint density at radius 2 is 2.18 bits per heavy atom. The second-order valence-corrected chi connectivity index (χ2v) is 4.39. The summed E-state index contributed by atoms with van der Waals surface area (Å²) < 4.78 is 0. The van der Waals surface area contributed by atoms with Crippen LogP contribution in [0.15, 0.2) is 12.3 Å². The number of aromatic nitrogens is 1. The molecule has 0 unspecified atom stereocenters. The largest absolute Gasteiger partial charge is 0.304 e. The molecule has 4 heteroatoms. The van der Waals surface area contributed by atoms with Crippen LogP contribution in [0.1, 0.15) is 31.0 Å². The van der Waals surface area contributed by atoms with Crippen LogP contribution in [0.5, 0.6) is 0 Å². The van der Waals surface area contributed by atoms with E-state index in [2.05, 4.69) is 11.9 Å². The molecule has 1 aromatic rings. The fourth-order valence-electron chi connectivity index (χ4n) is 1.98. The molecule has 1 amide bonds. The van der Waals surface area contributed by atoms with Crippen molar-refractivity contribution in [1.82, 2.24) is 4.98 Å². The summed E-state index contributed by atoms with van der Waals surface area (Å²) in [6, 6.07) is 1.93. The normalized spacial score (nSPS) is 15.1. The zero-order valence-electron chi connectivity index (χ0n) is 10.2. The lowest BCUT2D eigenvalue weighted by atomic mass is 10.0. The summed E-state index contributed by atoms with van der Waals surface area (Å²) in [5.74, 6) is -0.747. The summed E-state index contributed by atoms with van der Waals surface area (Å²) >= 11 is 0. The van der Waals surface area contributed by atoms with E-state index in [1.54, 1.807) is 11.1 Å². The molecular weight excluding hydrogens is 216 g/mol. The molecule has 0 aromatic carbocycles. The molecule has 0 saturated heterocycles. The number of aryl methyl sites for hydroxylation is 1. The highest BCUT2D eigenvalue weighted by Gasteiger charge is 2.31. The molecule has 1 aromatic heterocycles. The summed E-state index contributed by atoms with van der Waals surface area (Å²) in [5.41, 5.74) is 2.53. The third kappa shape index (κ3) is 2.20. The third-order valence-corrected chi connectivity index (χ3v) is 2.92. The molecule has 0 bridgehead atoms. The molecule has 2 rings (SSSR count). The average molecular weight is 232 g/mol. The number of hydrogen-bond donors (Lipinski definition) is 0. The minimum atomic E-state index is -0.390. The van der Waals surface area contributed by atoms with Crippen molar-refractivity contribution in [3.63, 3.8) is 0 Å². The Morgan fingerprint density at radius 3 is 2.88 bits per heavy atom. The molecule has 0 radical (unpaired) electrons. The number of anilines is 1. The predicted molar refractivity (Wildman–Crippen MR) is 64.9 cm³/mol. The van der Waals surface area contributed by atoms with Crippen LogP contribution < -0.4 is 4.90 Å². The number of carbonyl (C=O) groups is 2. The third-order valence-electron chi connectivity index (χ3n) is 2.92. The van der Waals surface area contributed by atoms with Crippen molar-refractivity contribution < 1.29 is 9.59 Å². The number of unbranched alkanes of at least 4 members (excludes halogenated alkanes) is 1. The minimum absolute atomic E-state index is 0.136. The lowest BCUT2D eigenvalue weighted by Gasteiger charge is -2.27. The fraction of sp³-hybridized carbons (Fsp3) is 0.462. The highest BCUT2D eigenvalue weighted by atomic mass is 16.2. The lowest BCUT2D eigenvalue weighted by Crippen LogP contribution is -2.42. The summed E-state index contributed by atoms with van der Waals surface area (Å²) in [4.78, 5) is 29.3. The van der Waals surface area contributed by atoms with Crippen LogP contribution in [0.2, 0.25) is 0 Å². The molecular formula is C13H16N2O2. The Labute approximate surface area is 101 Å². The standard InChI is InChI=1S/C13H16N2O2/c1-3-4-5-15-11-6-9(2)8-14-10(11)7-12(16)13(15)17/h6,8H,3-5,7H2,1-2H3. The molecule has 2 heterocycles. The maximum absolute atomic E-state index is 11.9. The van der Waals surface area contributed by atoms with E-state index in [9.17, 15) is 9.59 Å². The van der Waals surface area contributed by atoms with Gasteiger partial charge in [-0.05, 0) is 25.0 Å². The molecule has 0 aliphatic carbocycles. The number of nitrogens with zero attached hydrogens (tertiary/aromatic N) is 2. The first-order valence-electron chi connectivity index (χ1n) is 5.93. The summed E-state index contributed by atoms with van der Waals surface area (Å²) in [5, 5.41) is 0. The number of Topliss-reactive ketones (excluding diaryl/α,β-unsaturated/α-hetero) is 1. The van der Waals surface area contributed by atoms with Crippen LogP contribution >= 0.6 is 0 Å². The topological polar surface area (TPSA) is 50.3 Å². The van der Waals surface area contributed by atoms with Crippen molar-refractivity contribution in [1.29, 1.82) is 0 Å². The minimum Gasteiger partial charge on any atom is -0.304 e. The van der Waals surface area contributed by atoms with Crippen LogP contribution in [-0.4, -0.2) is 23.2 Å². The van der Waals surface area contributed by atoms with Gasteiger partial charge in [-0.15, -0.1) is 0 Å². The van der Waals surface area contributed by atoms with Gasteiger partial charge in [-0.25, -0.2) is 0 Å². The second kappa shape index (κ2) is 4.65. The van der Waals surface area contributed by atoms with Crippen LogP contribution in [0.4, 0.5) is 5.69 Å². The van der Waals surface area contributed by atoms with Gasteiger partial charge in [0.15, 0.2) is 0 Å². The first-order chi connectivity index (χ1) is 8.13. The van der Waals surface area contributed by atoms with E-state index in [0.29, 0.717) is 6.54 Å². The Hall–Kier alpha value is -1.71. The van der Waals surface area contributed by atoms with Crippen LogP contribution in [0.3, 0.4) is 0 Å². The molecule has 0 spiro atoms. The number of hydrogen-bond acceptors (Lipinski definition) is 3. The van der Waals surface area contributed by atoms with Crippen molar-refractivity contribution in [3.8, 4) is 0 Å². The van der Waals surface area contributed by atoms with Crippen LogP contribution in [0, 0.1) is 6.92 Å². The monoisotopic (exact) mass is 232 g/mol. The Balaban J connectivity index is 2.39. The molecule has 1 aliphatic rings. The van der Waals surface area contributed by atoms with Crippen LogP contribution in [-0.2, 0) is 16.0 Å². The predicted octanol–water partition coefficient (Wildman–Crippen LogP) is 1.65. The zero-order valence-corrected chi connectivity index (χ0v) is 10.2. The molecule has 17 heavy (non-hydrogen) atoms. The van der Waals surface area contributed by atoms with E-state index in [-0.39, 0.29) is 12.2 Å².